The van der Waals surface area contributed by atoms with Crippen molar-refractivity contribution in [2.45, 2.75) is 71.7 Å². The molecule has 0 spiro atoms. The minimum atomic E-state index is -0.922. The molecule has 23 heavy (non-hydrogen) atoms. The summed E-state index contributed by atoms with van der Waals surface area (Å²) in [6, 6.07) is 0. The van der Waals surface area contributed by atoms with Crippen LogP contribution >= 0.6 is 15.9 Å². The van der Waals surface area contributed by atoms with E-state index in [1.807, 2.05) is 27.7 Å². The van der Waals surface area contributed by atoms with Gasteiger partial charge in [0.1, 0.15) is 6.79 Å². The van der Waals surface area contributed by atoms with E-state index < -0.39 is 11.9 Å². The lowest BCUT2D eigenvalue weighted by Crippen LogP contribution is -2.63. The van der Waals surface area contributed by atoms with Crippen LogP contribution < -0.4 is 0 Å². The van der Waals surface area contributed by atoms with Crippen molar-refractivity contribution in [1.29, 1.82) is 0 Å². The van der Waals surface area contributed by atoms with Crippen molar-refractivity contribution < 1.29 is 23.7 Å². The minimum Gasteiger partial charge on any atom is -0.451 e. The number of rotatable bonds is 9. The highest BCUT2D eigenvalue weighted by Gasteiger charge is 2.55. The number of unbranched alkanes of at least 4 members (excludes halogenated alkanes) is 3. The van der Waals surface area contributed by atoms with Crippen LogP contribution in [0.1, 0.15) is 59.8 Å². The molecule has 1 rings (SSSR count). The molecule has 0 aromatic carbocycles. The van der Waals surface area contributed by atoms with E-state index in [0.717, 1.165) is 31.0 Å². The van der Waals surface area contributed by atoms with Gasteiger partial charge in [0.25, 0.3) is 0 Å². The molecule has 1 fully saturated rings. The van der Waals surface area contributed by atoms with Gasteiger partial charge in [0, 0.05) is 23.8 Å². The Hall–Kier alpha value is -0.170. The van der Waals surface area contributed by atoms with Crippen molar-refractivity contribution >= 4 is 21.9 Å². The highest BCUT2D eigenvalue weighted by molar-refractivity contribution is 9.09. The van der Waals surface area contributed by atoms with Crippen LogP contribution in [-0.4, -0.2) is 43.2 Å². The summed E-state index contributed by atoms with van der Waals surface area (Å²) < 4.78 is 22.6. The molecule has 136 valence electrons. The normalized spacial score (nSPS) is 25.3. The molecule has 0 bridgehead atoms. The average molecular weight is 395 g/mol. The van der Waals surface area contributed by atoms with E-state index in [0.29, 0.717) is 13.0 Å². The summed E-state index contributed by atoms with van der Waals surface area (Å²) in [7, 11) is 0. The fourth-order valence-corrected chi connectivity index (χ4v) is 3.01. The smallest absolute Gasteiger partial charge is 0.306 e. The van der Waals surface area contributed by atoms with Crippen LogP contribution in [0.5, 0.6) is 0 Å². The van der Waals surface area contributed by atoms with E-state index in [1.54, 1.807) is 0 Å². The van der Waals surface area contributed by atoms with Gasteiger partial charge in [-0.25, -0.2) is 0 Å². The van der Waals surface area contributed by atoms with E-state index in [4.69, 9.17) is 18.9 Å². The van der Waals surface area contributed by atoms with E-state index >= 15 is 0 Å². The molecule has 6 heteroatoms. The molecule has 2 atom stereocenters. The number of carbonyl (C=O) groups is 1. The van der Waals surface area contributed by atoms with Gasteiger partial charge in [-0.3, -0.25) is 4.79 Å². The molecule has 0 N–H and O–H groups in total. The summed E-state index contributed by atoms with van der Waals surface area (Å²) in [5.74, 6) is -0.211. The summed E-state index contributed by atoms with van der Waals surface area (Å²) in [6.45, 7) is 8.88. The maximum Gasteiger partial charge on any atom is 0.306 e. The molecule has 1 saturated heterocycles. The number of halogens is 1. The van der Waals surface area contributed by atoms with E-state index in [-0.39, 0.29) is 24.8 Å². The van der Waals surface area contributed by atoms with Crippen molar-refractivity contribution in [1.82, 2.24) is 0 Å². The van der Waals surface area contributed by atoms with Gasteiger partial charge < -0.3 is 18.9 Å². The number of ether oxygens (including phenoxy) is 4. The zero-order valence-corrected chi connectivity index (χ0v) is 16.4. The summed E-state index contributed by atoms with van der Waals surface area (Å²) >= 11 is 3.41. The highest BCUT2D eigenvalue weighted by atomic mass is 79.9. The third-order valence-corrected chi connectivity index (χ3v) is 4.71. The molecule has 1 aliphatic heterocycles. The SMILES string of the molecule is CCOC1OCOCC1(OC(=O)CCCCCCBr)C(C)(C)C. The minimum absolute atomic E-state index is 0.159. The Balaban J connectivity index is 2.68. The first-order chi connectivity index (χ1) is 10.9. The fraction of sp³-hybridized carbons (Fsp3) is 0.941. The lowest BCUT2D eigenvalue weighted by Gasteiger charge is -2.49. The lowest BCUT2D eigenvalue weighted by molar-refractivity contribution is -0.346. The van der Waals surface area contributed by atoms with Crippen LogP contribution in [0.15, 0.2) is 0 Å². The quantitative estimate of drug-likeness (QED) is 0.335. The first-order valence-electron chi connectivity index (χ1n) is 8.46. The molecular formula is C17H31BrO5. The molecule has 0 aromatic heterocycles. The Bertz CT molecular complexity index is 353. The Morgan fingerprint density at radius 1 is 1.26 bits per heavy atom. The van der Waals surface area contributed by atoms with Gasteiger partial charge in [-0.05, 0) is 19.8 Å². The zero-order chi connectivity index (χ0) is 17.3. The summed E-state index contributed by atoms with van der Waals surface area (Å²) in [4.78, 5) is 12.3. The number of carbonyl (C=O) groups excluding carboxylic acids is 1. The topological polar surface area (TPSA) is 54.0 Å². The predicted molar refractivity (Wildman–Crippen MR) is 92.5 cm³/mol. The van der Waals surface area contributed by atoms with Gasteiger partial charge in [0.2, 0.25) is 6.29 Å². The Kier molecular flexibility index (Phi) is 9.04. The van der Waals surface area contributed by atoms with Crippen LogP contribution in [0.4, 0.5) is 0 Å². The van der Waals surface area contributed by atoms with E-state index in [1.165, 1.54) is 0 Å². The number of hydrogen-bond donors (Lipinski definition) is 0. The Labute approximate surface area is 148 Å². The largest absolute Gasteiger partial charge is 0.451 e. The van der Waals surface area contributed by atoms with Crippen molar-refractivity contribution in [3.8, 4) is 0 Å². The first kappa shape index (κ1) is 20.9. The summed E-state index contributed by atoms with van der Waals surface area (Å²) in [6.07, 6.45) is 3.95. The summed E-state index contributed by atoms with van der Waals surface area (Å²) in [5, 5.41) is 1.01. The third kappa shape index (κ3) is 6.00. The maximum absolute atomic E-state index is 12.3. The maximum atomic E-state index is 12.3. The molecule has 0 amide bonds. The van der Waals surface area contributed by atoms with E-state index in [9.17, 15) is 4.79 Å². The van der Waals surface area contributed by atoms with Crippen molar-refractivity contribution in [2.24, 2.45) is 5.41 Å². The molecule has 0 aromatic rings. The van der Waals surface area contributed by atoms with Gasteiger partial charge in [0.15, 0.2) is 5.60 Å². The van der Waals surface area contributed by atoms with Gasteiger partial charge in [-0.2, -0.15) is 0 Å². The summed E-state index contributed by atoms with van der Waals surface area (Å²) in [5.41, 5.74) is -1.28. The Morgan fingerprint density at radius 2 is 1.96 bits per heavy atom. The van der Waals surface area contributed by atoms with Crippen LogP contribution in [0.2, 0.25) is 0 Å². The molecule has 1 heterocycles. The van der Waals surface area contributed by atoms with Crippen molar-refractivity contribution in [2.75, 3.05) is 25.3 Å². The average Bonchev–Trinajstić information content (AvgIpc) is 2.48. The molecule has 0 saturated carbocycles. The zero-order valence-electron chi connectivity index (χ0n) is 14.9. The van der Waals surface area contributed by atoms with Gasteiger partial charge >= 0.3 is 5.97 Å². The molecule has 2 unspecified atom stereocenters. The molecule has 0 radical (unpaired) electrons. The molecule has 1 aliphatic rings. The molecule has 0 aliphatic carbocycles. The van der Waals surface area contributed by atoms with E-state index in [2.05, 4.69) is 15.9 Å². The van der Waals surface area contributed by atoms with Gasteiger partial charge in [0.05, 0.1) is 6.61 Å². The number of hydrogen-bond acceptors (Lipinski definition) is 5. The third-order valence-electron chi connectivity index (χ3n) is 4.15. The van der Waals surface area contributed by atoms with Crippen LogP contribution in [0.25, 0.3) is 0 Å². The highest BCUT2D eigenvalue weighted by Crippen LogP contribution is 2.41. The van der Waals surface area contributed by atoms with Crippen molar-refractivity contribution in [3.63, 3.8) is 0 Å². The predicted octanol–water partition coefficient (Wildman–Crippen LogP) is 4.03. The van der Waals surface area contributed by atoms with Crippen molar-refractivity contribution in [3.05, 3.63) is 0 Å². The van der Waals surface area contributed by atoms with Gasteiger partial charge in [-0.1, -0.05) is 49.5 Å². The van der Waals surface area contributed by atoms with Gasteiger partial charge in [-0.15, -0.1) is 0 Å². The number of esters is 1. The monoisotopic (exact) mass is 394 g/mol. The van der Waals surface area contributed by atoms with Crippen LogP contribution in [0, 0.1) is 5.41 Å². The fourth-order valence-electron chi connectivity index (χ4n) is 2.61. The number of alkyl halides is 1. The van der Waals surface area contributed by atoms with Crippen LogP contribution in [0.3, 0.4) is 0 Å². The second kappa shape index (κ2) is 9.97. The Morgan fingerprint density at radius 3 is 2.57 bits per heavy atom. The first-order valence-corrected chi connectivity index (χ1v) is 9.58. The lowest BCUT2D eigenvalue weighted by atomic mass is 9.75. The van der Waals surface area contributed by atoms with Crippen LogP contribution in [-0.2, 0) is 23.7 Å². The second-order valence-corrected chi connectivity index (χ2v) is 7.68. The second-order valence-electron chi connectivity index (χ2n) is 6.89. The molecule has 5 nitrogen and oxygen atoms in total. The standard InChI is InChI=1S/C17H31BrO5/c1-5-21-15-17(16(2,3)4,12-20-13-22-15)23-14(19)10-8-6-7-9-11-18/h15H,5-13H2,1-4H3. The molecular weight excluding hydrogens is 364 g/mol.